The monoisotopic (exact) mass is 373 g/mol. The lowest BCUT2D eigenvalue weighted by Gasteiger charge is -2.28. The van der Waals surface area contributed by atoms with E-state index in [0.717, 1.165) is 0 Å². The predicted molar refractivity (Wildman–Crippen MR) is 95.0 cm³/mol. The summed E-state index contributed by atoms with van der Waals surface area (Å²) in [5.74, 6) is -1.76. The lowest BCUT2D eigenvalue weighted by molar-refractivity contribution is -0.148. The standard InChI is InChI=1S/C16H27N3O5S/c1-10(15(23)24)18(4)12(20)5-6-16(2,3)25-11-9-13(21)19(8-7-17)14(11)22/h10-11H,5-9,17H2,1-4H3,(H,23,24)/t10-,11?/m0/s1. The Morgan fingerprint density at radius 1 is 1.44 bits per heavy atom. The topological polar surface area (TPSA) is 121 Å². The number of amides is 3. The molecule has 0 spiro atoms. The number of carboxylic acid groups (broad SMARTS) is 1. The molecule has 1 aliphatic heterocycles. The molecule has 9 heteroatoms. The normalized spacial score (nSPS) is 19.2. The van der Waals surface area contributed by atoms with Crippen LogP contribution in [-0.4, -0.2) is 74.8 Å². The van der Waals surface area contributed by atoms with Crippen molar-refractivity contribution in [3.05, 3.63) is 0 Å². The number of carboxylic acids is 1. The highest BCUT2D eigenvalue weighted by Crippen LogP contribution is 2.37. The fraction of sp³-hybridized carbons (Fsp3) is 0.750. The van der Waals surface area contributed by atoms with Crippen molar-refractivity contribution in [2.24, 2.45) is 5.73 Å². The molecule has 0 aliphatic carbocycles. The lowest BCUT2D eigenvalue weighted by Crippen LogP contribution is -2.40. The Hall–Kier alpha value is -1.61. The van der Waals surface area contributed by atoms with Crippen molar-refractivity contribution < 1.29 is 24.3 Å². The molecular formula is C16H27N3O5S. The summed E-state index contributed by atoms with van der Waals surface area (Å²) in [7, 11) is 1.46. The van der Waals surface area contributed by atoms with Gasteiger partial charge in [0.05, 0.1) is 5.25 Å². The van der Waals surface area contributed by atoms with E-state index in [-0.39, 0.29) is 43.7 Å². The summed E-state index contributed by atoms with van der Waals surface area (Å²) in [5.41, 5.74) is 5.42. The van der Waals surface area contributed by atoms with E-state index in [1.165, 1.54) is 35.5 Å². The quantitative estimate of drug-likeness (QED) is 0.557. The molecule has 0 radical (unpaired) electrons. The van der Waals surface area contributed by atoms with E-state index in [1.54, 1.807) is 0 Å². The molecule has 1 unspecified atom stereocenters. The number of aliphatic carboxylic acids is 1. The molecule has 25 heavy (non-hydrogen) atoms. The average Bonchev–Trinajstić information content (AvgIpc) is 2.78. The van der Waals surface area contributed by atoms with Crippen LogP contribution < -0.4 is 5.73 Å². The van der Waals surface area contributed by atoms with Gasteiger partial charge in [0.2, 0.25) is 17.7 Å². The molecule has 8 nitrogen and oxygen atoms in total. The maximum absolute atomic E-state index is 12.3. The second kappa shape index (κ2) is 8.66. The summed E-state index contributed by atoms with van der Waals surface area (Å²) in [4.78, 5) is 49.7. The molecule has 1 saturated heterocycles. The van der Waals surface area contributed by atoms with Crippen LogP contribution in [0.3, 0.4) is 0 Å². The Morgan fingerprint density at radius 2 is 2.04 bits per heavy atom. The molecule has 0 bridgehead atoms. The molecule has 3 N–H and O–H groups in total. The van der Waals surface area contributed by atoms with Gasteiger partial charge >= 0.3 is 5.97 Å². The number of hydrogen-bond acceptors (Lipinski definition) is 6. The third kappa shape index (κ3) is 5.71. The fourth-order valence-corrected chi connectivity index (χ4v) is 3.96. The number of carbonyl (C=O) groups excluding carboxylic acids is 3. The van der Waals surface area contributed by atoms with Crippen molar-refractivity contribution in [3.63, 3.8) is 0 Å². The summed E-state index contributed by atoms with van der Waals surface area (Å²) >= 11 is 1.38. The first-order valence-electron chi connectivity index (χ1n) is 8.20. The van der Waals surface area contributed by atoms with Gasteiger partial charge in [-0.15, -0.1) is 11.8 Å². The second-order valence-corrected chi connectivity index (χ2v) is 8.67. The van der Waals surface area contributed by atoms with Crippen LogP contribution in [0.5, 0.6) is 0 Å². The van der Waals surface area contributed by atoms with E-state index in [9.17, 15) is 19.2 Å². The van der Waals surface area contributed by atoms with Gasteiger partial charge in [-0.25, -0.2) is 4.79 Å². The van der Waals surface area contributed by atoms with Crippen LogP contribution in [0.15, 0.2) is 0 Å². The zero-order valence-electron chi connectivity index (χ0n) is 15.2. The largest absolute Gasteiger partial charge is 0.480 e. The zero-order valence-corrected chi connectivity index (χ0v) is 16.0. The predicted octanol–water partition coefficient (Wildman–Crippen LogP) is 0.296. The van der Waals surface area contributed by atoms with E-state index in [4.69, 9.17) is 10.8 Å². The molecule has 3 amide bonds. The Morgan fingerprint density at radius 3 is 2.56 bits per heavy atom. The van der Waals surface area contributed by atoms with Crippen molar-refractivity contribution in [3.8, 4) is 0 Å². The van der Waals surface area contributed by atoms with Crippen LogP contribution in [0, 0.1) is 0 Å². The molecule has 0 aromatic heterocycles. The van der Waals surface area contributed by atoms with Gasteiger partial charge in [0, 0.05) is 37.7 Å². The highest BCUT2D eigenvalue weighted by atomic mass is 32.2. The van der Waals surface area contributed by atoms with Gasteiger partial charge in [-0.05, 0) is 13.3 Å². The van der Waals surface area contributed by atoms with Crippen molar-refractivity contribution >= 4 is 35.5 Å². The Labute approximate surface area is 152 Å². The molecule has 0 saturated carbocycles. The number of hydrogen-bond donors (Lipinski definition) is 2. The number of carbonyl (C=O) groups is 4. The highest BCUT2D eigenvalue weighted by molar-refractivity contribution is 8.02. The molecule has 1 heterocycles. The van der Waals surface area contributed by atoms with Crippen molar-refractivity contribution in [2.75, 3.05) is 20.1 Å². The molecule has 0 aromatic carbocycles. The van der Waals surface area contributed by atoms with E-state index in [1.807, 2.05) is 13.8 Å². The van der Waals surface area contributed by atoms with Gasteiger partial charge in [0.1, 0.15) is 6.04 Å². The van der Waals surface area contributed by atoms with Crippen LogP contribution in [0.25, 0.3) is 0 Å². The number of nitrogens with zero attached hydrogens (tertiary/aromatic N) is 2. The minimum atomic E-state index is -1.06. The third-order valence-corrected chi connectivity index (χ3v) is 5.78. The summed E-state index contributed by atoms with van der Waals surface area (Å²) in [6, 6.07) is -0.887. The van der Waals surface area contributed by atoms with Gasteiger partial charge in [-0.3, -0.25) is 19.3 Å². The molecule has 1 rings (SSSR count). The van der Waals surface area contributed by atoms with E-state index < -0.39 is 22.0 Å². The van der Waals surface area contributed by atoms with Gasteiger partial charge in [0.25, 0.3) is 0 Å². The smallest absolute Gasteiger partial charge is 0.326 e. The van der Waals surface area contributed by atoms with E-state index >= 15 is 0 Å². The Kier molecular flexibility index (Phi) is 7.43. The lowest BCUT2D eigenvalue weighted by atomic mass is 10.1. The van der Waals surface area contributed by atoms with Crippen molar-refractivity contribution in [2.45, 2.75) is 56.1 Å². The van der Waals surface area contributed by atoms with Gasteiger partial charge in [0.15, 0.2) is 0 Å². The first-order chi connectivity index (χ1) is 11.5. The SMILES string of the molecule is C[C@@H](C(=O)O)N(C)C(=O)CCC(C)(C)SC1CC(=O)N(CCN)C1=O. The molecule has 0 aromatic rings. The number of rotatable bonds is 9. The number of likely N-dealkylation sites (tertiary alicyclic amines) is 1. The fourth-order valence-electron chi connectivity index (χ4n) is 2.52. The van der Waals surface area contributed by atoms with Crippen molar-refractivity contribution in [1.29, 1.82) is 0 Å². The van der Waals surface area contributed by atoms with Crippen LogP contribution >= 0.6 is 11.8 Å². The average molecular weight is 373 g/mol. The number of nitrogens with two attached hydrogens (primary N) is 1. The van der Waals surface area contributed by atoms with Gasteiger partial charge in [-0.2, -0.15) is 0 Å². The van der Waals surface area contributed by atoms with E-state index in [0.29, 0.717) is 6.42 Å². The van der Waals surface area contributed by atoms with Crippen LogP contribution in [0.2, 0.25) is 0 Å². The Bertz CT molecular complexity index is 552. The summed E-state index contributed by atoms with van der Waals surface area (Å²) < 4.78 is -0.401. The molecule has 1 fully saturated rings. The Balaban J connectivity index is 2.59. The number of thioether (sulfide) groups is 1. The van der Waals surface area contributed by atoms with Gasteiger partial charge < -0.3 is 15.7 Å². The summed E-state index contributed by atoms with van der Waals surface area (Å²) in [5, 5.41) is 8.50. The summed E-state index contributed by atoms with van der Waals surface area (Å²) in [6.07, 6.45) is 0.800. The zero-order chi connectivity index (χ0) is 19.4. The van der Waals surface area contributed by atoms with Crippen molar-refractivity contribution in [1.82, 2.24) is 9.80 Å². The van der Waals surface area contributed by atoms with Gasteiger partial charge in [-0.1, -0.05) is 13.8 Å². The molecule has 2 atom stereocenters. The minimum absolute atomic E-state index is 0.150. The molecule has 142 valence electrons. The summed E-state index contributed by atoms with van der Waals surface area (Å²) in [6.45, 7) is 5.74. The number of imide groups is 1. The minimum Gasteiger partial charge on any atom is -0.480 e. The van der Waals surface area contributed by atoms with Crippen LogP contribution in [-0.2, 0) is 19.2 Å². The van der Waals surface area contributed by atoms with Crippen LogP contribution in [0.4, 0.5) is 0 Å². The first-order valence-corrected chi connectivity index (χ1v) is 9.08. The molecule has 1 aliphatic rings. The maximum Gasteiger partial charge on any atom is 0.326 e. The van der Waals surface area contributed by atoms with E-state index in [2.05, 4.69) is 0 Å². The first kappa shape index (κ1) is 21.4. The maximum atomic E-state index is 12.3. The third-order valence-electron chi connectivity index (χ3n) is 4.29. The second-order valence-electron chi connectivity index (χ2n) is 6.76. The number of likely N-dealkylation sites (N-methyl/N-ethyl adjacent to an activating group) is 1. The molecular weight excluding hydrogens is 346 g/mol. The highest BCUT2D eigenvalue weighted by Gasteiger charge is 2.41. The van der Waals surface area contributed by atoms with Crippen LogP contribution in [0.1, 0.15) is 40.0 Å².